The van der Waals surface area contributed by atoms with Gasteiger partial charge in [-0.25, -0.2) is 0 Å². The van der Waals surface area contributed by atoms with Crippen molar-refractivity contribution in [2.24, 2.45) is 0 Å². The largest absolute Gasteiger partial charge is 0.299 e. The van der Waals surface area contributed by atoms with Gasteiger partial charge < -0.3 is 0 Å². The van der Waals surface area contributed by atoms with E-state index in [0.717, 1.165) is 40.5 Å². The topological polar surface area (TPSA) is 60.7 Å². The van der Waals surface area contributed by atoms with E-state index >= 15 is 0 Å². The van der Waals surface area contributed by atoms with Gasteiger partial charge in [0.1, 0.15) is 0 Å². The van der Waals surface area contributed by atoms with Crippen LogP contribution in [0.25, 0.3) is 11.4 Å². The van der Waals surface area contributed by atoms with Gasteiger partial charge in [0.15, 0.2) is 16.8 Å². The molecular formula is C20H20N4OS. The van der Waals surface area contributed by atoms with Gasteiger partial charge in [-0.2, -0.15) is 0 Å². The second-order valence-electron chi connectivity index (χ2n) is 6.63. The van der Waals surface area contributed by atoms with E-state index in [1.165, 1.54) is 11.8 Å². The number of thioether (sulfide) groups is 1. The highest BCUT2D eigenvalue weighted by atomic mass is 32.2. The van der Waals surface area contributed by atoms with E-state index in [9.17, 15) is 4.79 Å². The number of hydrogen-bond acceptors (Lipinski definition) is 5. The second kappa shape index (κ2) is 7.03. The molecule has 2 aromatic heterocycles. The van der Waals surface area contributed by atoms with Crippen LogP contribution in [-0.4, -0.2) is 30.8 Å². The molecule has 0 N–H and O–H groups in total. The smallest absolute Gasteiger partial charge is 0.192 e. The standard InChI is InChI=1S/C20H20N4OS/c1-13-3-5-15(6-4-13)18(25)14(2)26-20-23-22-19(24(20)17-7-8-17)16-9-11-21-12-10-16/h3-6,9-12,14,17H,7-8H2,1-2H3/t14-/m0/s1. The molecule has 0 spiro atoms. The summed E-state index contributed by atoms with van der Waals surface area (Å²) in [6, 6.07) is 12.0. The number of aryl methyl sites for hydroxylation is 1. The number of nitrogens with zero attached hydrogens (tertiary/aromatic N) is 4. The van der Waals surface area contributed by atoms with E-state index < -0.39 is 0 Å². The van der Waals surface area contributed by atoms with Crippen LogP contribution in [0.2, 0.25) is 0 Å². The summed E-state index contributed by atoms with van der Waals surface area (Å²) in [5, 5.41) is 9.38. The maximum atomic E-state index is 12.7. The number of ketones is 1. The highest BCUT2D eigenvalue weighted by Gasteiger charge is 2.31. The van der Waals surface area contributed by atoms with Gasteiger partial charge in [0, 0.05) is 29.6 Å². The van der Waals surface area contributed by atoms with Gasteiger partial charge in [0.2, 0.25) is 0 Å². The number of hydrogen-bond donors (Lipinski definition) is 0. The van der Waals surface area contributed by atoms with E-state index in [2.05, 4.69) is 19.7 Å². The molecule has 2 heterocycles. The van der Waals surface area contributed by atoms with Crippen molar-refractivity contribution in [2.45, 2.75) is 43.1 Å². The predicted octanol–water partition coefficient (Wildman–Crippen LogP) is 4.35. The molecule has 4 rings (SSSR count). The zero-order chi connectivity index (χ0) is 18.1. The average Bonchev–Trinajstić information content (AvgIpc) is 3.42. The second-order valence-corrected chi connectivity index (χ2v) is 7.94. The van der Waals surface area contributed by atoms with Gasteiger partial charge in [0.05, 0.1) is 5.25 Å². The Labute approximate surface area is 156 Å². The van der Waals surface area contributed by atoms with Crippen LogP contribution < -0.4 is 0 Å². The summed E-state index contributed by atoms with van der Waals surface area (Å²) in [5.41, 5.74) is 2.89. The third kappa shape index (κ3) is 3.42. The summed E-state index contributed by atoms with van der Waals surface area (Å²) in [4.78, 5) is 16.8. The maximum Gasteiger partial charge on any atom is 0.192 e. The number of carbonyl (C=O) groups is 1. The van der Waals surface area contributed by atoms with E-state index in [-0.39, 0.29) is 11.0 Å². The van der Waals surface area contributed by atoms with Crippen LogP contribution in [0, 0.1) is 6.92 Å². The Kier molecular flexibility index (Phi) is 4.59. The van der Waals surface area contributed by atoms with Gasteiger partial charge in [-0.15, -0.1) is 10.2 Å². The summed E-state index contributed by atoms with van der Waals surface area (Å²) in [6.45, 7) is 3.95. The number of rotatable bonds is 6. The molecule has 3 aromatic rings. The molecule has 5 nitrogen and oxygen atoms in total. The van der Waals surface area contributed by atoms with E-state index in [1.807, 2.05) is 50.2 Å². The van der Waals surface area contributed by atoms with Crippen LogP contribution in [-0.2, 0) is 0 Å². The third-order valence-corrected chi connectivity index (χ3v) is 5.56. The summed E-state index contributed by atoms with van der Waals surface area (Å²) in [7, 11) is 0. The normalized spacial score (nSPS) is 15.0. The number of benzene rings is 1. The molecule has 1 saturated carbocycles. The fraction of sp³-hybridized carbons (Fsp3) is 0.300. The first-order valence-corrected chi connectivity index (χ1v) is 9.64. The van der Waals surface area contributed by atoms with Crippen molar-refractivity contribution in [1.82, 2.24) is 19.7 Å². The number of carbonyl (C=O) groups excluding carboxylic acids is 1. The Morgan fingerprint density at radius 2 is 1.81 bits per heavy atom. The minimum absolute atomic E-state index is 0.116. The Morgan fingerprint density at radius 3 is 2.46 bits per heavy atom. The van der Waals surface area contributed by atoms with Gasteiger partial charge in [-0.1, -0.05) is 41.6 Å². The van der Waals surface area contributed by atoms with Gasteiger partial charge in [0.25, 0.3) is 0 Å². The summed E-state index contributed by atoms with van der Waals surface area (Å²) in [6.07, 6.45) is 5.78. The predicted molar refractivity (Wildman–Crippen MR) is 102 cm³/mol. The Balaban J connectivity index is 1.59. The molecule has 0 unspecified atom stereocenters. The maximum absolute atomic E-state index is 12.7. The van der Waals surface area contributed by atoms with Crippen LogP contribution in [0.1, 0.15) is 41.7 Å². The Bertz CT molecular complexity index is 917. The molecule has 26 heavy (non-hydrogen) atoms. The molecule has 0 aliphatic heterocycles. The molecule has 0 bridgehead atoms. The van der Waals surface area contributed by atoms with Crippen molar-refractivity contribution in [3.8, 4) is 11.4 Å². The van der Waals surface area contributed by atoms with Gasteiger partial charge in [-0.05, 0) is 38.8 Å². The van der Waals surface area contributed by atoms with E-state index in [1.54, 1.807) is 12.4 Å². The quantitative estimate of drug-likeness (QED) is 0.481. The monoisotopic (exact) mass is 364 g/mol. The first-order valence-electron chi connectivity index (χ1n) is 8.76. The van der Waals surface area contributed by atoms with E-state index in [4.69, 9.17) is 0 Å². The van der Waals surface area contributed by atoms with Crippen molar-refractivity contribution in [1.29, 1.82) is 0 Å². The van der Waals surface area contributed by atoms with Crippen molar-refractivity contribution in [2.75, 3.05) is 0 Å². The SMILES string of the molecule is Cc1ccc(C(=O)[C@H](C)Sc2nnc(-c3ccncc3)n2C2CC2)cc1. The first-order chi connectivity index (χ1) is 12.6. The molecule has 1 atom stereocenters. The molecular weight excluding hydrogens is 344 g/mol. The third-order valence-electron chi connectivity index (χ3n) is 4.50. The van der Waals surface area contributed by atoms with Gasteiger partial charge >= 0.3 is 0 Å². The lowest BCUT2D eigenvalue weighted by molar-refractivity contribution is 0.0994. The minimum Gasteiger partial charge on any atom is -0.299 e. The summed E-state index contributed by atoms with van der Waals surface area (Å²) < 4.78 is 2.18. The van der Waals surface area contributed by atoms with Crippen LogP contribution >= 0.6 is 11.8 Å². The lowest BCUT2D eigenvalue weighted by Crippen LogP contribution is -2.14. The lowest BCUT2D eigenvalue weighted by Gasteiger charge is -2.12. The van der Waals surface area contributed by atoms with Crippen molar-refractivity contribution in [3.05, 3.63) is 59.9 Å². The van der Waals surface area contributed by atoms with Crippen molar-refractivity contribution in [3.63, 3.8) is 0 Å². The molecule has 132 valence electrons. The molecule has 0 radical (unpaired) electrons. The van der Waals surface area contributed by atoms with Crippen molar-refractivity contribution < 1.29 is 4.79 Å². The fourth-order valence-electron chi connectivity index (χ4n) is 2.88. The lowest BCUT2D eigenvalue weighted by atomic mass is 10.1. The highest BCUT2D eigenvalue weighted by molar-refractivity contribution is 8.00. The van der Waals surface area contributed by atoms with Crippen LogP contribution in [0.4, 0.5) is 0 Å². The fourth-order valence-corrected chi connectivity index (χ4v) is 3.88. The van der Waals surface area contributed by atoms with Crippen LogP contribution in [0.5, 0.6) is 0 Å². The highest BCUT2D eigenvalue weighted by Crippen LogP contribution is 2.41. The minimum atomic E-state index is -0.218. The molecule has 1 aliphatic rings. The average molecular weight is 364 g/mol. The molecule has 1 fully saturated rings. The number of Topliss-reactive ketones (excluding diaryl/α,β-unsaturated/α-hetero) is 1. The number of aromatic nitrogens is 4. The number of pyridine rings is 1. The summed E-state index contributed by atoms with van der Waals surface area (Å²) >= 11 is 1.49. The summed E-state index contributed by atoms with van der Waals surface area (Å²) in [5.74, 6) is 0.971. The Morgan fingerprint density at radius 1 is 1.12 bits per heavy atom. The zero-order valence-corrected chi connectivity index (χ0v) is 15.6. The van der Waals surface area contributed by atoms with E-state index in [0.29, 0.717) is 6.04 Å². The molecule has 0 saturated heterocycles. The van der Waals surface area contributed by atoms with Crippen LogP contribution in [0.3, 0.4) is 0 Å². The van der Waals surface area contributed by atoms with Crippen LogP contribution in [0.15, 0.2) is 53.9 Å². The van der Waals surface area contributed by atoms with Gasteiger partial charge in [-0.3, -0.25) is 14.3 Å². The molecule has 1 aliphatic carbocycles. The molecule has 0 amide bonds. The Hall–Kier alpha value is -2.47. The molecule has 6 heteroatoms. The molecule has 1 aromatic carbocycles. The van der Waals surface area contributed by atoms with Crippen molar-refractivity contribution >= 4 is 17.5 Å². The first kappa shape index (κ1) is 17.0. The zero-order valence-electron chi connectivity index (χ0n) is 14.8.